The molecule has 0 radical (unpaired) electrons. The van der Waals surface area contributed by atoms with Crippen LogP contribution in [0.4, 0.5) is 5.69 Å². The molecule has 0 fully saturated rings. The minimum atomic E-state index is -0.494. The smallest absolute Gasteiger partial charge is 0.276 e. The van der Waals surface area contributed by atoms with Gasteiger partial charge in [-0.3, -0.25) is 20.0 Å². The zero-order chi connectivity index (χ0) is 16.9. The summed E-state index contributed by atoms with van der Waals surface area (Å²) in [6.07, 6.45) is 1.33. The molecule has 1 aromatic carbocycles. The van der Waals surface area contributed by atoms with Gasteiger partial charge in [-0.1, -0.05) is 18.2 Å². The summed E-state index contributed by atoms with van der Waals surface area (Å²) in [4.78, 5) is 23.2. The second-order valence-corrected chi connectivity index (χ2v) is 5.64. The van der Waals surface area contributed by atoms with Crippen LogP contribution in [0.25, 0.3) is 10.6 Å². The topological polar surface area (TPSA) is 113 Å². The Kier molecular flexibility index (Phi) is 4.43. The Hall–Kier alpha value is -3.33. The minimum Gasteiger partial charge on any atom is -0.276 e. The summed E-state index contributed by atoms with van der Waals surface area (Å²) in [7, 11) is 0. The molecule has 0 aliphatic rings. The molecule has 0 spiro atoms. The second-order valence-electron chi connectivity index (χ2n) is 4.70. The van der Waals surface area contributed by atoms with E-state index >= 15 is 0 Å². The number of nitrogens with zero attached hydrogens (tertiary/aromatic N) is 3. The van der Waals surface area contributed by atoms with E-state index in [1.165, 1.54) is 29.7 Å². The lowest BCUT2D eigenvalue weighted by Crippen LogP contribution is -2.18. The molecule has 0 unspecified atom stereocenters. The lowest BCUT2D eigenvalue weighted by Gasteiger charge is -1.96. The van der Waals surface area contributed by atoms with E-state index in [0.29, 0.717) is 5.56 Å². The van der Waals surface area contributed by atoms with Crippen molar-refractivity contribution in [2.75, 3.05) is 0 Å². The van der Waals surface area contributed by atoms with Crippen molar-refractivity contribution in [2.24, 2.45) is 5.10 Å². The molecule has 9 heteroatoms. The number of carbonyl (C=O) groups is 1. The summed E-state index contributed by atoms with van der Waals surface area (Å²) >= 11 is 1.53. The van der Waals surface area contributed by atoms with Crippen LogP contribution in [0.1, 0.15) is 16.1 Å². The molecule has 0 aliphatic heterocycles. The van der Waals surface area contributed by atoms with E-state index in [1.54, 1.807) is 18.2 Å². The number of H-pyrrole nitrogens is 1. The first-order chi connectivity index (χ1) is 11.6. The van der Waals surface area contributed by atoms with Crippen molar-refractivity contribution in [3.8, 4) is 10.6 Å². The molecule has 3 aromatic rings. The number of aromatic amines is 1. The number of non-ortho nitro benzene ring substituents is 1. The molecule has 0 bridgehead atoms. The Morgan fingerprint density at radius 1 is 1.33 bits per heavy atom. The fourth-order valence-electron chi connectivity index (χ4n) is 1.94. The molecule has 1 amide bonds. The summed E-state index contributed by atoms with van der Waals surface area (Å²) in [6.45, 7) is 0. The average Bonchev–Trinajstić information content (AvgIpc) is 3.26. The van der Waals surface area contributed by atoms with Gasteiger partial charge in [0.1, 0.15) is 0 Å². The number of amides is 1. The maximum absolute atomic E-state index is 12.0. The number of rotatable bonds is 5. The fraction of sp³-hybridized carbons (Fsp3) is 0. The zero-order valence-electron chi connectivity index (χ0n) is 12.2. The summed E-state index contributed by atoms with van der Waals surface area (Å²) in [5.74, 6) is -0.476. The first kappa shape index (κ1) is 15.6. The van der Waals surface area contributed by atoms with Gasteiger partial charge < -0.3 is 0 Å². The standard InChI is InChI=1S/C15H11N5O3S/c21-15(13-8-12(17-18-13)14-5-2-6-24-14)19-16-9-10-3-1-4-11(7-10)20(22)23/h1-9H,(H,17,18)(H,19,21)/b16-9+. The highest BCUT2D eigenvalue weighted by Crippen LogP contribution is 2.22. The van der Waals surface area contributed by atoms with Gasteiger partial charge in [0.15, 0.2) is 5.69 Å². The van der Waals surface area contributed by atoms with E-state index < -0.39 is 10.8 Å². The van der Waals surface area contributed by atoms with Crippen LogP contribution in [0.3, 0.4) is 0 Å². The normalized spacial score (nSPS) is 10.8. The summed E-state index contributed by atoms with van der Waals surface area (Å²) in [5.41, 5.74) is 3.75. The molecule has 0 saturated carbocycles. The molecule has 0 aliphatic carbocycles. The highest BCUT2D eigenvalue weighted by molar-refractivity contribution is 7.13. The first-order valence-electron chi connectivity index (χ1n) is 6.80. The van der Waals surface area contributed by atoms with Gasteiger partial charge in [0.05, 0.1) is 21.7 Å². The van der Waals surface area contributed by atoms with Crippen molar-refractivity contribution in [2.45, 2.75) is 0 Å². The summed E-state index contributed by atoms with van der Waals surface area (Å²) in [5, 5.41) is 23.2. The Balaban J connectivity index is 1.65. The molecule has 24 heavy (non-hydrogen) atoms. The van der Waals surface area contributed by atoms with Crippen molar-refractivity contribution in [1.82, 2.24) is 15.6 Å². The Morgan fingerprint density at radius 2 is 2.21 bits per heavy atom. The molecule has 3 rings (SSSR count). The maximum Gasteiger partial charge on any atom is 0.291 e. The van der Waals surface area contributed by atoms with Gasteiger partial charge in [0.25, 0.3) is 11.6 Å². The predicted molar refractivity (Wildman–Crippen MR) is 90.1 cm³/mol. The zero-order valence-corrected chi connectivity index (χ0v) is 13.0. The molecular weight excluding hydrogens is 330 g/mol. The molecular formula is C15H11N5O3S. The molecule has 2 N–H and O–H groups in total. The van der Waals surface area contributed by atoms with Crippen LogP contribution < -0.4 is 5.43 Å². The first-order valence-corrected chi connectivity index (χ1v) is 7.68. The highest BCUT2D eigenvalue weighted by atomic mass is 32.1. The number of carbonyl (C=O) groups excluding carboxylic acids is 1. The maximum atomic E-state index is 12.0. The second kappa shape index (κ2) is 6.84. The number of nitrogens with one attached hydrogen (secondary N) is 2. The molecule has 2 heterocycles. The summed E-state index contributed by atoms with van der Waals surface area (Å²) < 4.78 is 0. The number of nitro groups is 1. The number of nitro benzene ring substituents is 1. The van der Waals surface area contributed by atoms with Gasteiger partial charge in [0.2, 0.25) is 0 Å². The number of hydrazone groups is 1. The Bertz CT molecular complexity index is 901. The highest BCUT2D eigenvalue weighted by Gasteiger charge is 2.11. The third kappa shape index (κ3) is 3.52. The van der Waals surface area contributed by atoms with Crippen LogP contribution in [0.15, 0.2) is 52.9 Å². The van der Waals surface area contributed by atoms with Gasteiger partial charge in [-0.15, -0.1) is 11.3 Å². The Labute approximate surface area is 140 Å². The quantitative estimate of drug-likeness (QED) is 0.422. The molecule has 0 atom stereocenters. The predicted octanol–water partition coefficient (Wildman–Crippen LogP) is 2.81. The van der Waals surface area contributed by atoms with Gasteiger partial charge in [-0.05, 0) is 17.5 Å². The summed E-state index contributed by atoms with van der Waals surface area (Å²) in [6, 6.07) is 11.4. The molecule has 0 saturated heterocycles. The van der Waals surface area contributed by atoms with Crippen LogP contribution in [0, 0.1) is 10.1 Å². The third-order valence-corrected chi connectivity index (χ3v) is 3.96. The minimum absolute atomic E-state index is 0.0434. The van der Waals surface area contributed by atoms with E-state index in [0.717, 1.165) is 10.6 Å². The van der Waals surface area contributed by atoms with Crippen molar-refractivity contribution in [3.63, 3.8) is 0 Å². The lowest BCUT2D eigenvalue weighted by atomic mass is 10.2. The van der Waals surface area contributed by atoms with Gasteiger partial charge in [-0.25, -0.2) is 5.43 Å². The van der Waals surface area contributed by atoms with E-state index in [2.05, 4.69) is 20.7 Å². The number of hydrogen-bond acceptors (Lipinski definition) is 6. The van der Waals surface area contributed by atoms with Crippen LogP contribution in [-0.4, -0.2) is 27.2 Å². The number of aromatic nitrogens is 2. The number of benzene rings is 1. The Morgan fingerprint density at radius 3 is 2.96 bits per heavy atom. The van der Waals surface area contributed by atoms with E-state index in [-0.39, 0.29) is 11.4 Å². The van der Waals surface area contributed by atoms with Crippen molar-refractivity contribution >= 4 is 29.1 Å². The van der Waals surface area contributed by atoms with Gasteiger partial charge >= 0.3 is 0 Å². The van der Waals surface area contributed by atoms with Crippen LogP contribution in [0.2, 0.25) is 0 Å². The van der Waals surface area contributed by atoms with Crippen molar-refractivity contribution in [3.05, 3.63) is 69.2 Å². The lowest BCUT2D eigenvalue weighted by molar-refractivity contribution is -0.384. The van der Waals surface area contributed by atoms with Gasteiger partial charge in [0, 0.05) is 17.7 Å². The fourth-order valence-corrected chi connectivity index (χ4v) is 2.63. The molecule has 120 valence electrons. The van der Waals surface area contributed by atoms with E-state index in [4.69, 9.17) is 0 Å². The SMILES string of the molecule is O=C(N/N=C/c1cccc([N+](=O)[O-])c1)c1cc(-c2cccs2)[nH]n1. The van der Waals surface area contributed by atoms with E-state index in [9.17, 15) is 14.9 Å². The average molecular weight is 341 g/mol. The van der Waals surface area contributed by atoms with Crippen LogP contribution >= 0.6 is 11.3 Å². The number of thiophene rings is 1. The van der Waals surface area contributed by atoms with Crippen molar-refractivity contribution < 1.29 is 9.72 Å². The monoisotopic (exact) mass is 341 g/mol. The molecule has 8 nitrogen and oxygen atoms in total. The van der Waals surface area contributed by atoms with E-state index in [1.807, 2.05) is 17.5 Å². The third-order valence-electron chi connectivity index (χ3n) is 3.06. The largest absolute Gasteiger partial charge is 0.291 e. The van der Waals surface area contributed by atoms with Crippen LogP contribution in [0.5, 0.6) is 0 Å². The van der Waals surface area contributed by atoms with Crippen molar-refractivity contribution in [1.29, 1.82) is 0 Å². The van der Waals surface area contributed by atoms with Gasteiger partial charge in [-0.2, -0.15) is 10.2 Å². The number of hydrogen-bond donors (Lipinski definition) is 2. The van der Waals surface area contributed by atoms with Crippen LogP contribution in [-0.2, 0) is 0 Å². The molecule has 2 aromatic heterocycles.